The predicted molar refractivity (Wildman–Crippen MR) is 142 cm³/mol. The summed E-state index contributed by atoms with van der Waals surface area (Å²) in [6.45, 7) is -0.340. The number of rotatable bonds is 7. The van der Waals surface area contributed by atoms with E-state index in [9.17, 15) is 22.4 Å². The quantitative estimate of drug-likeness (QED) is 0.247. The van der Waals surface area contributed by atoms with Crippen molar-refractivity contribution in [3.63, 3.8) is 0 Å². The van der Waals surface area contributed by atoms with Gasteiger partial charge in [-0.15, -0.1) is 0 Å². The van der Waals surface area contributed by atoms with Gasteiger partial charge in [-0.1, -0.05) is 12.0 Å². The van der Waals surface area contributed by atoms with Gasteiger partial charge in [0.1, 0.15) is 12.3 Å². The van der Waals surface area contributed by atoms with Crippen LogP contribution in [0.25, 0.3) is 10.9 Å². The Morgan fingerprint density at radius 1 is 1.15 bits per heavy atom. The summed E-state index contributed by atoms with van der Waals surface area (Å²) >= 11 is 0. The second-order valence-electron chi connectivity index (χ2n) is 9.00. The van der Waals surface area contributed by atoms with E-state index in [-0.39, 0.29) is 18.8 Å². The molecule has 1 aliphatic rings. The van der Waals surface area contributed by atoms with E-state index in [0.717, 1.165) is 4.57 Å². The van der Waals surface area contributed by atoms with Crippen molar-refractivity contribution in [3.05, 3.63) is 65.5 Å². The van der Waals surface area contributed by atoms with Crippen LogP contribution in [-0.4, -0.2) is 68.7 Å². The summed E-state index contributed by atoms with van der Waals surface area (Å²) in [6.07, 6.45) is -3.97. The molecule has 0 radical (unpaired) electrons. The first-order valence-electron chi connectivity index (χ1n) is 12.1. The van der Waals surface area contributed by atoms with Crippen molar-refractivity contribution in [2.75, 3.05) is 51.5 Å². The van der Waals surface area contributed by atoms with Crippen molar-refractivity contribution in [3.8, 4) is 17.6 Å². The summed E-state index contributed by atoms with van der Waals surface area (Å²) in [7, 11) is 4.53. The number of anilines is 2. The van der Waals surface area contributed by atoms with Crippen molar-refractivity contribution >= 4 is 28.2 Å². The topological polar surface area (TPSA) is 67.8 Å². The highest BCUT2D eigenvalue weighted by Crippen LogP contribution is 2.32. The Labute approximate surface area is 223 Å². The van der Waals surface area contributed by atoms with E-state index >= 15 is 0 Å². The molecular weight excluding hydrogens is 516 g/mol. The van der Waals surface area contributed by atoms with Crippen LogP contribution in [0.5, 0.6) is 5.75 Å². The lowest BCUT2D eigenvalue weighted by atomic mass is 10.1. The highest BCUT2D eigenvalue weighted by atomic mass is 19.4. The summed E-state index contributed by atoms with van der Waals surface area (Å²) in [5.74, 6) is 5.56. The summed E-state index contributed by atoms with van der Waals surface area (Å²) in [5.41, 5.74) is 2.24. The SMILES string of the molecule is COC(=O)c1ccc(NCC#Cc2cc3c(NC4=CCN(C)C[C@@H]4F)cccc3n2CC(F)(F)F)c(OC)c1. The lowest BCUT2D eigenvalue weighted by molar-refractivity contribution is -0.140. The van der Waals surface area contributed by atoms with Crippen LogP contribution < -0.4 is 15.4 Å². The van der Waals surface area contributed by atoms with E-state index in [0.29, 0.717) is 45.8 Å². The third-order valence-electron chi connectivity index (χ3n) is 6.20. The molecule has 1 aliphatic heterocycles. The minimum atomic E-state index is -4.47. The van der Waals surface area contributed by atoms with Gasteiger partial charge in [0.15, 0.2) is 6.17 Å². The lowest BCUT2D eigenvalue weighted by Crippen LogP contribution is -2.34. The molecule has 0 saturated heterocycles. The maximum absolute atomic E-state index is 14.6. The van der Waals surface area contributed by atoms with Crippen molar-refractivity contribution in [1.29, 1.82) is 0 Å². The molecule has 2 aromatic carbocycles. The molecule has 2 heterocycles. The Hall–Kier alpha value is -4.17. The molecule has 2 N–H and O–H groups in total. The monoisotopic (exact) mass is 544 g/mol. The van der Waals surface area contributed by atoms with Gasteiger partial charge in [-0.3, -0.25) is 4.90 Å². The number of hydrogen-bond acceptors (Lipinski definition) is 6. The third-order valence-corrected chi connectivity index (χ3v) is 6.20. The molecule has 0 bridgehead atoms. The van der Waals surface area contributed by atoms with Crippen LogP contribution in [-0.2, 0) is 11.3 Å². The number of nitrogens with zero attached hydrogens (tertiary/aromatic N) is 2. The Morgan fingerprint density at radius 3 is 2.64 bits per heavy atom. The number of hydrogen-bond donors (Lipinski definition) is 2. The predicted octanol–water partition coefficient (Wildman–Crippen LogP) is 5.04. The fraction of sp³-hybridized carbons (Fsp3) is 0.321. The number of halogens is 4. The van der Waals surface area contributed by atoms with Crippen molar-refractivity contribution in [2.45, 2.75) is 18.9 Å². The average molecular weight is 545 g/mol. The number of ether oxygens (including phenoxy) is 2. The van der Waals surface area contributed by atoms with Crippen molar-refractivity contribution < 1.29 is 31.8 Å². The van der Waals surface area contributed by atoms with E-state index in [1.54, 1.807) is 42.5 Å². The summed E-state index contributed by atoms with van der Waals surface area (Å²) in [5, 5.41) is 6.63. The number of likely N-dealkylation sites (N-methyl/N-ethyl adjacent to an activating group) is 1. The second-order valence-corrected chi connectivity index (χ2v) is 9.00. The van der Waals surface area contributed by atoms with Gasteiger partial charge in [0, 0.05) is 29.9 Å². The standard InChI is InChI=1S/C28H28F4N4O3/c1-35-13-11-23(21(29)16-35)34-22-7-4-8-25-20(22)15-19(36(25)17-28(30,31)32)6-5-12-33-24-10-9-18(27(37)39-3)14-26(24)38-2/h4,7-11,14-15,21,33-34H,12-13,16-17H2,1-3H3/t21-/m0/s1. The molecule has 11 heteroatoms. The Bertz CT molecular complexity index is 1450. The van der Waals surface area contributed by atoms with E-state index in [4.69, 9.17) is 9.47 Å². The van der Waals surface area contributed by atoms with E-state index in [2.05, 4.69) is 22.5 Å². The number of alkyl halides is 4. The molecule has 0 aliphatic carbocycles. The van der Waals surface area contributed by atoms with Gasteiger partial charge in [-0.05, 0) is 55.4 Å². The molecule has 4 rings (SSSR count). The average Bonchev–Trinajstić information content (AvgIpc) is 3.24. The van der Waals surface area contributed by atoms with Crippen LogP contribution in [0, 0.1) is 11.8 Å². The summed E-state index contributed by atoms with van der Waals surface area (Å²) < 4.78 is 66.2. The first-order chi connectivity index (χ1) is 18.6. The molecule has 7 nitrogen and oxygen atoms in total. The largest absolute Gasteiger partial charge is 0.495 e. The van der Waals surface area contributed by atoms with Gasteiger partial charge in [-0.2, -0.15) is 13.2 Å². The van der Waals surface area contributed by atoms with E-state index < -0.39 is 24.9 Å². The zero-order chi connectivity index (χ0) is 28.2. The molecular formula is C28H28F4N4O3. The first-order valence-corrected chi connectivity index (χ1v) is 12.1. The number of fused-ring (bicyclic) bond motifs is 1. The molecule has 0 unspecified atom stereocenters. The van der Waals surface area contributed by atoms with E-state index in [1.165, 1.54) is 20.3 Å². The molecule has 0 spiro atoms. The zero-order valence-electron chi connectivity index (χ0n) is 21.7. The van der Waals surface area contributed by atoms with E-state index in [1.807, 2.05) is 11.9 Å². The first kappa shape index (κ1) is 27.9. The maximum atomic E-state index is 14.6. The normalized spacial score (nSPS) is 15.8. The summed E-state index contributed by atoms with van der Waals surface area (Å²) in [4.78, 5) is 13.6. The number of benzene rings is 2. The Kier molecular flexibility index (Phi) is 8.35. The molecule has 1 atom stereocenters. The molecule has 0 saturated carbocycles. The van der Waals surface area contributed by atoms with Gasteiger partial charge >= 0.3 is 12.1 Å². The molecule has 206 valence electrons. The molecule has 0 amide bonds. The minimum Gasteiger partial charge on any atom is -0.495 e. The van der Waals surface area contributed by atoms with Gasteiger partial charge in [0.2, 0.25) is 0 Å². The fourth-order valence-electron chi connectivity index (χ4n) is 4.32. The highest BCUT2D eigenvalue weighted by molar-refractivity contribution is 5.94. The van der Waals surface area contributed by atoms with Crippen LogP contribution in [0.1, 0.15) is 16.1 Å². The molecule has 3 aromatic rings. The van der Waals surface area contributed by atoms with Gasteiger partial charge in [0.05, 0.1) is 43.2 Å². The Balaban J connectivity index is 1.61. The number of esters is 1. The number of nitrogens with one attached hydrogen (secondary N) is 2. The van der Waals surface area contributed by atoms with Gasteiger partial charge < -0.3 is 24.7 Å². The fourth-order valence-corrected chi connectivity index (χ4v) is 4.32. The number of carbonyl (C=O) groups is 1. The number of methoxy groups -OCH3 is 2. The number of aromatic nitrogens is 1. The highest BCUT2D eigenvalue weighted by Gasteiger charge is 2.30. The van der Waals surface area contributed by atoms with Gasteiger partial charge in [-0.25, -0.2) is 9.18 Å². The smallest absolute Gasteiger partial charge is 0.406 e. The Morgan fingerprint density at radius 2 is 1.95 bits per heavy atom. The number of carbonyl (C=O) groups excluding carboxylic acids is 1. The van der Waals surface area contributed by atoms with Gasteiger partial charge in [0.25, 0.3) is 0 Å². The van der Waals surface area contributed by atoms with Crippen LogP contribution in [0.4, 0.5) is 28.9 Å². The maximum Gasteiger partial charge on any atom is 0.406 e. The van der Waals surface area contributed by atoms with Crippen LogP contribution >= 0.6 is 0 Å². The van der Waals surface area contributed by atoms with Crippen LogP contribution in [0.3, 0.4) is 0 Å². The van der Waals surface area contributed by atoms with Crippen molar-refractivity contribution in [1.82, 2.24) is 9.47 Å². The summed E-state index contributed by atoms with van der Waals surface area (Å²) in [6, 6.07) is 11.2. The molecule has 39 heavy (non-hydrogen) atoms. The lowest BCUT2D eigenvalue weighted by Gasteiger charge is -2.26. The third kappa shape index (κ3) is 6.64. The molecule has 1 aromatic heterocycles. The minimum absolute atomic E-state index is 0.0938. The zero-order valence-corrected chi connectivity index (χ0v) is 21.7. The van der Waals surface area contributed by atoms with Crippen LogP contribution in [0.2, 0.25) is 0 Å². The van der Waals surface area contributed by atoms with Crippen LogP contribution in [0.15, 0.2) is 54.2 Å². The van der Waals surface area contributed by atoms with Crippen molar-refractivity contribution in [2.24, 2.45) is 0 Å². The molecule has 0 fully saturated rings. The second kappa shape index (κ2) is 11.7.